The van der Waals surface area contributed by atoms with Crippen molar-refractivity contribution in [1.82, 2.24) is 0 Å². The number of carbonyl (C=O) groups excluding carboxylic acids is 3. The van der Waals surface area contributed by atoms with Gasteiger partial charge in [0, 0.05) is 11.0 Å². The smallest absolute Gasteiger partial charge is 0.338 e. The van der Waals surface area contributed by atoms with E-state index in [9.17, 15) is 14.4 Å². The summed E-state index contributed by atoms with van der Waals surface area (Å²) in [5.41, 5.74) is 0.188. The van der Waals surface area contributed by atoms with Crippen molar-refractivity contribution in [2.75, 3.05) is 13.2 Å². The number of ketones is 1. The van der Waals surface area contributed by atoms with Gasteiger partial charge in [-0.15, -0.1) is 0 Å². The van der Waals surface area contributed by atoms with Crippen LogP contribution in [0.5, 0.6) is 0 Å². The summed E-state index contributed by atoms with van der Waals surface area (Å²) in [6.07, 6.45) is 1.74. The first kappa shape index (κ1) is 15.7. The van der Waals surface area contributed by atoms with Gasteiger partial charge in [-0.1, -0.05) is 12.1 Å². The zero-order valence-corrected chi connectivity index (χ0v) is 13.4. The molecule has 0 aromatic heterocycles. The highest BCUT2D eigenvalue weighted by Crippen LogP contribution is 2.74. The fourth-order valence-electron chi connectivity index (χ4n) is 3.81. The summed E-state index contributed by atoms with van der Waals surface area (Å²) in [5.74, 6) is -0.510. The molecule has 3 saturated carbocycles. The molecule has 0 radical (unpaired) electrons. The van der Waals surface area contributed by atoms with E-state index in [4.69, 9.17) is 9.47 Å². The van der Waals surface area contributed by atoms with Gasteiger partial charge >= 0.3 is 11.9 Å². The molecular formula is C18H20O5. The standard InChI is InChI=1S/C18H20O5/c1-3-22-15(20)13-7-5-12(6-8-13)14(19)17-9-18(10-17,11-17)16(21)23-4-2/h5-8H,3-4,9-11H2,1-2H3/t17-,18-. The van der Waals surface area contributed by atoms with E-state index in [-0.39, 0.29) is 11.8 Å². The summed E-state index contributed by atoms with van der Waals surface area (Å²) >= 11 is 0. The molecule has 5 heteroatoms. The monoisotopic (exact) mass is 316 g/mol. The molecule has 0 spiro atoms. The lowest BCUT2D eigenvalue weighted by molar-refractivity contribution is -0.209. The molecule has 3 aliphatic carbocycles. The van der Waals surface area contributed by atoms with Gasteiger partial charge in [0.15, 0.2) is 5.78 Å². The average Bonchev–Trinajstić information content (AvgIpc) is 2.45. The van der Waals surface area contributed by atoms with Crippen molar-refractivity contribution in [3.05, 3.63) is 35.4 Å². The number of hydrogen-bond donors (Lipinski definition) is 0. The first-order valence-electron chi connectivity index (χ1n) is 7.95. The minimum absolute atomic E-state index is 0.0547. The van der Waals surface area contributed by atoms with Crippen LogP contribution in [-0.4, -0.2) is 30.9 Å². The molecule has 2 bridgehead atoms. The molecule has 0 heterocycles. The van der Waals surface area contributed by atoms with E-state index in [0.717, 1.165) is 0 Å². The molecule has 4 rings (SSSR count). The van der Waals surface area contributed by atoms with Crippen molar-refractivity contribution in [3.8, 4) is 0 Å². The average molecular weight is 316 g/mol. The normalized spacial score (nSPS) is 27.4. The third-order valence-corrected chi connectivity index (χ3v) is 4.88. The number of hydrogen-bond acceptors (Lipinski definition) is 5. The molecule has 122 valence electrons. The minimum atomic E-state index is -0.420. The van der Waals surface area contributed by atoms with Gasteiger partial charge in [0.05, 0.1) is 24.2 Å². The summed E-state index contributed by atoms with van der Waals surface area (Å²) in [5, 5.41) is 0. The number of esters is 2. The summed E-state index contributed by atoms with van der Waals surface area (Å²) in [4.78, 5) is 36.1. The molecule has 0 N–H and O–H groups in total. The fourth-order valence-corrected chi connectivity index (χ4v) is 3.81. The largest absolute Gasteiger partial charge is 0.466 e. The van der Waals surface area contributed by atoms with Gasteiger partial charge in [0.1, 0.15) is 0 Å². The second-order valence-corrected chi connectivity index (χ2v) is 6.44. The van der Waals surface area contributed by atoms with Crippen molar-refractivity contribution in [2.24, 2.45) is 10.8 Å². The van der Waals surface area contributed by atoms with E-state index in [1.807, 2.05) is 0 Å². The summed E-state index contributed by atoms with van der Waals surface area (Å²) in [7, 11) is 0. The second kappa shape index (κ2) is 5.48. The van der Waals surface area contributed by atoms with Gasteiger partial charge < -0.3 is 9.47 Å². The topological polar surface area (TPSA) is 69.7 Å². The third-order valence-electron chi connectivity index (χ3n) is 4.88. The second-order valence-electron chi connectivity index (χ2n) is 6.44. The molecule has 0 aliphatic heterocycles. The first-order valence-corrected chi connectivity index (χ1v) is 7.95. The highest BCUT2D eigenvalue weighted by Gasteiger charge is 2.75. The van der Waals surface area contributed by atoms with Crippen molar-refractivity contribution in [2.45, 2.75) is 33.1 Å². The van der Waals surface area contributed by atoms with Crippen molar-refractivity contribution < 1.29 is 23.9 Å². The Bertz CT molecular complexity index is 639. The van der Waals surface area contributed by atoms with Crippen molar-refractivity contribution >= 4 is 17.7 Å². The molecular weight excluding hydrogens is 296 g/mol. The van der Waals surface area contributed by atoms with E-state index in [1.54, 1.807) is 38.1 Å². The van der Waals surface area contributed by atoms with Gasteiger partial charge in [-0.05, 0) is 45.2 Å². The van der Waals surface area contributed by atoms with Gasteiger partial charge in [-0.3, -0.25) is 9.59 Å². The number of carbonyl (C=O) groups is 3. The maximum Gasteiger partial charge on any atom is 0.338 e. The first-order chi connectivity index (χ1) is 11.0. The number of Topliss-reactive ketones (excluding diaryl/α,β-unsaturated/α-hetero) is 1. The minimum Gasteiger partial charge on any atom is -0.466 e. The number of benzene rings is 1. The molecule has 0 unspecified atom stereocenters. The van der Waals surface area contributed by atoms with Crippen LogP contribution in [0.3, 0.4) is 0 Å². The number of rotatable bonds is 6. The van der Waals surface area contributed by atoms with Gasteiger partial charge in [-0.25, -0.2) is 4.79 Å². The lowest BCUT2D eigenvalue weighted by Gasteiger charge is -2.67. The van der Waals surface area contributed by atoms with E-state index < -0.39 is 16.8 Å². The van der Waals surface area contributed by atoms with Crippen LogP contribution in [0.15, 0.2) is 24.3 Å². The van der Waals surface area contributed by atoms with Crippen molar-refractivity contribution in [1.29, 1.82) is 0 Å². The Morgan fingerprint density at radius 3 is 1.91 bits per heavy atom. The SMILES string of the molecule is CCOC(=O)c1ccc(C(=O)[C@]23C[C@@](C(=O)OCC)(C2)C3)cc1. The Morgan fingerprint density at radius 2 is 1.39 bits per heavy atom. The summed E-state index contributed by atoms with van der Waals surface area (Å²) in [6, 6.07) is 6.54. The van der Waals surface area contributed by atoms with Crippen LogP contribution in [-0.2, 0) is 14.3 Å². The zero-order valence-electron chi connectivity index (χ0n) is 13.4. The quantitative estimate of drug-likeness (QED) is 0.596. The molecule has 3 fully saturated rings. The van der Waals surface area contributed by atoms with Crippen molar-refractivity contribution in [3.63, 3.8) is 0 Å². The Kier molecular flexibility index (Phi) is 3.74. The van der Waals surface area contributed by atoms with Crippen LogP contribution < -0.4 is 0 Å². The molecule has 23 heavy (non-hydrogen) atoms. The van der Waals surface area contributed by atoms with Crippen LogP contribution in [0.2, 0.25) is 0 Å². The lowest BCUT2D eigenvalue weighted by Crippen LogP contribution is -2.68. The maximum absolute atomic E-state index is 12.6. The predicted molar refractivity (Wildman–Crippen MR) is 82.1 cm³/mol. The zero-order chi connectivity index (χ0) is 16.7. The van der Waals surface area contributed by atoms with E-state index >= 15 is 0 Å². The maximum atomic E-state index is 12.6. The van der Waals surface area contributed by atoms with Gasteiger partial charge in [-0.2, -0.15) is 0 Å². The van der Waals surface area contributed by atoms with Crippen LogP contribution in [0.25, 0.3) is 0 Å². The van der Waals surface area contributed by atoms with E-state index in [0.29, 0.717) is 43.6 Å². The van der Waals surface area contributed by atoms with E-state index in [2.05, 4.69) is 0 Å². The molecule has 0 saturated heterocycles. The summed E-state index contributed by atoms with van der Waals surface area (Å²) < 4.78 is 10.0. The highest BCUT2D eigenvalue weighted by atomic mass is 16.5. The highest BCUT2D eigenvalue weighted by molar-refractivity contribution is 6.05. The van der Waals surface area contributed by atoms with E-state index in [1.165, 1.54) is 0 Å². The molecule has 1 aromatic carbocycles. The van der Waals surface area contributed by atoms with Crippen LogP contribution in [0.4, 0.5) is 0 Å². The predicted octanol–water partition coefficient (Wildman–Crippen LogP) is 2.78. The third kappa shape index (κ3) is 2.35. The molecule has 0 amide bonds. The molecule has 5 nitrogen and oxygen atoms in total. The Balaban J connectivity index is 1.65. The van der Waals surface area contributed by atoms with Gasteiger partial charge in [0.25, 0.3) is 0 Å². The molecule has 1 aromatic rings. The molecule has 3 aliphatic rings. The Morgan fingerprint density at radius 1 is 0.870 bits per heavy atom. The Labute approximate surface area is 135 Å². The number of ether oxygens (including phenoxy) is 2. The van der Waals surface area contributed by atoms with Gasteiger partial charge in [0.2, 0.25) is 0 Å². The molecule has 0 atom stereocenters. The van der Waals surface area contributed by atoms with Crippen LogP contribution >= 0.6 is 0 Å². The van der Waals surface area contributed by atoms with Crippen LogP contribution in [0, 0.1) is 10.8 Å². The Hall–Kier alpha value is -2.17. The van der Waals surface area contributed by atoms with Crippen LogP contribution in [0.1, 0.15) is 53.8 Å². The summed E-state index contributed by atoms with van der Waals surface area (Å²) in [6.45, 7) is 4.22. The fraction of sp³-hybridized carbons (Fsp3) is 0.500. The lowest BCUT2D eigenvalue weighted by atomic mass is 9.33.